The molecule has 0 fully saturated rings. The van der Waals surface area contributed by atoms with Crippen LogP contribution in [0.1, 0.15) is 0 Å². The van der Waals surface area contributed by atoms with Crippen LogP contribution in [0.2, 0.25) is 0 Å². The summed E-state index contributed by atoms with van der Waals surface area (Å²) < 4.78 is 0.698. The predicted octanol–water partition coefficient (Wildman–Crippen LogP) is 3.12. The molecule has 0 aliphatic carbocycles. The van der Waals surface area contributed by atoms with E-state index < -0.39 is 0 Å². The molecule has 2 nitrogen and oxygen atoms in total. The van der Waals surface area contributed by atoms with Gasteiger partial charge in [0.15, 0.2) is 0 Å². The van der Waals surface area contributed by atoms with Gasteiger partial charge in [-0.15, -0.1) is 0 Å². The Morgan fingerprint density at radius 3 is 2.75 bits per heavy atom. The van der Waals surface area contributed by atoms with Gasteiger partial charge in [0.25, 0.3) is 0 Å². The van der Waals surface area contributed by atoms with Crippen molar-refractivity contribution < 1.29 is 5.11 Å². The van der Waals surface area contributed by atoms with E-state index >= 15 is 0 Å². The molecule has 16 heavy (non-hydrogen) atoms. The second-order valence-corrected chi connectivity index (χ2v) is 4.66. The number of aromatic hydroxyl groups is 1. The summed E-state index contributed by atoms with van der Waals surface area (Å²) in [7, 11) is 0. The summed E-state index contributed by atoms with van der Waals surface area (Å²) in [6, 6.07) is 12.9. The van der Waals surface area contributed by atoms with Gasteiger partial charge in [-0.1, -0.05) is 41.7 Å². The van der Waals surface area contributed by atoms with Crippen LogP contribution in [-0.2, 0) is 0 Å². The zero-order chi connectivity index (χ0) is 11.1. The van der Waals surface area contributed by atoms with Crippen LogP contribution in [0.25, 0.3) is 20.9 Å². The summed E-state index contributed by atoms with van der Waals surface area (Å²) in [5, 5.41) is 12.7. The molecule has 0 saturated heterocycles. The first-order chi connectivity index (χ1) is 7.75. The van der Waals surface area contributed by atoms with Crippen LogP contribution in [0.5, 0.6) is 5.75 Å². The Labute approximate surface area is 95.4 Å². The lowest BCUT2D eigenvalue weighted by molar-refractivity contribution is 0.482. The molecule has 0 spiro atoms. The summed E-state index contributed by atoms with van der Waals surface area (Å²) in [4.78, 5) is 11.3. The van der Waals surface area contributed by atoms with Crippen molar-refractivity contribution in [1.82, 2.24) is 0 Å². The Morgan fingerprint density at radius 1 is 1.06 bits per heavy atom. The molecule has 78 valence electrons. The minimum Gasteiger partial charge on any atom is -0.507 e. The van der Waals surface area contributed by atoms with E-state index in [4.69, 9.17) is 0 Å². The van der Waals surface area contributed by atoms with E-state index in [1.165, 1.54) is 6.07 Å². The van der Waals surface area contributed by atoms with Gasteiger partial charge in [-0.3, -0.25) is 4.79 Å². The molecule has 0 radical (unpaired) electrons. The maximum absolute atomic E-state index is 11.3. The summed E-state index contributed by atoms with van der Waals surface area (Å²) in [6.07, 6.45) is 0. The van der Waals surface area contributed by atoms with Crippen molar-refractivity contribution in [2.75, 3.05) is 0 Å². The van der Waals surface area contributed by atoms with Crippen molar-refractivity contribution in [3.63, 3.8) is 0 Å². The van der Waals surface area contributed by atoms with Crippen LogP contribution in [0, 0.1) is 0 Å². The molecule has 0 aliphatic rings. The molecule has 0 saturated carbocycles. The highest BCUT2D eigenvalue weighted by Crippen LogP contribution is 2.32. The quantitative estimate of drug-likeness (QED) is 0.600. The highest BCUT2D eigenvalue weighted by atomic mass is 32.1. The Morgan fingerprint density at radius 2 is 1.88 bits per heavy atom. The monoisotopic (exact) mass is 228 g/mol. The normalized spacial score (nSPS) is 11.0. The van der Waals surface area contributed by atoms with Crippen LogP contribution >= 0.6 is 11.3 Å². The third kappa shape index (κ3) is 1.29. The van der Waals surface area contributed by atoms with Gasteiger partial charge in [-0.25, -0.2) is 0 Å². The number of hydrogen-bond donors (Lipinski definition) is 1. The van der Waals surface area contributed by atoms with Gasteiger partial charge in [-0.05, 0) is 16.8 Å². The van der Waals surface area contributed by atoms with Crippen LogP contribution < -0.4 is 4.74 Å². The third-order valence-corrected chi connectivity index (χ3v) is 3.49. The molecular formula is C13H8O2S. The van der Waals surface area contributed by atoms with Gasteiger partial charge in [0.05, 0.1) is 0 Å². The van der Waals surface area contributed by atoms with E-state index in [2.05, 4.69) is 0 Å². The second-order valence-electron chi connectivity index (χ2n) is 3.61. The molecule has 0 aliphatic heterocycles. The van der Waals surface area contributed by atoms with Crippen LogP contribution in [0.15, 0.2) is 47.3 Å². The van der Waals surface area contributed by atoms with Gasteiger partial charge < -0.3 is 5.11 Å². The molecule has 3 heteroatoms. The van der Waals surface area contributed by atoms with Gasteiger partial charge in [0.1, 0.15) is 5.75 Å². The number of hydrogen-bond acceptors (Lipinski definition) is 3. The largest absolute Gasteiger partial charge is 0.507 e. The zero-order valence-corrected chi connectivity index (χ0v) is 9.12. The first-order valence-electron chi connectivity index (χ1n) is 4.90. The highest BCUT2D eigenvalue weighted by molar-refractivity contribution is 7.16. The molecule has 3 aromatic rings. The standard InChI is InChI=1S/C13H8O2S/c14-10-7-12(15)16-11-6-5-8-3-1-2-4-9(8)13(10)11/h1-7,14H. The molecule has 0 atom stereocenters. The van der Waals surface area contributed by atoms with E-state index in [0.717, 1.165) is 32.2 Å². The molecule has 1 aromatic heterocycles. The van der Waals surface area contributed by atoms with Crippen molar-refractivity contribution in [3.8, 4) is 5.75 Å². The molecule has 1 heterocycles. The van der Waals surface area contributed by atoms with Crippen molar-refractivity contribution >= 4 is 32.2 Å². The van der Waals surface area contributed by atoms with Crippen LogP contribution in [0.3, 0.4) is 0 Å². The predicted molar refractivity (Wildman–Crippen MR) is 67.3 cm³/mol. The Kier molecular flexibility index (Phi) is 1.94. The molecule has 3 rings (SSSR count). The fourth-order valence-corrected chi connectivity index (χ4v) is 2.76. The molecule has 2 aromatic carbocycles. The van der Waals surface area contributed by atoms with Crippen LogP contribution in [0.4, 0.5) is 0 Å². The first kappa shape index (κ1) is 9.36. The molecule has 0 bridgehead atoms. The van der Waals surface area contributed by atoms with E-state index in [1.807, 2.05) is 36.4 Å². The number of benzene rings is 2. The van der Waals surface area contributed by atoms with Crippen LogP contribution in [-0.4, -0.2) is 5.11 Å². The average molecular weight is 228 g/mol. The maximum atomic E-state index is 11.3. The lowest BCUT2D eigenvalue weighted by Crippen LogP contribution is -1.90. The first-order valence-corrected chi connectivity index (χ1v) is 5.72. The SMILES string of the molecule is O=c1cc(O)c2c(ccc3ccccc32)s1. The fraction of sp³-hybridized carbons (Fsp3) is 0. The lowest BCUT2D eigenvalue weighted by Gasteiger charge is -2.04. The number of fused-ring (bicyclic) bond motifs is 3. The van der Waals surface area contributed by atoms with E-state index in [9.17, 15) is 9.90 Å². The smallest absolute Gasteiger partial charge is 0.236 e. The lowest BCUT2D eigenvalue weighted by atomic mass is 10.1. The molecule has 1 N–H and O–H groups in total. The minimum absolute atomic E-state index is 0.0653. The number of rotatable bonds is 0. The van der Waals surface area contributed by atoms with E-state index in [0.29, 0.717) is 0 Å². The van der Waals surface area contributed by atoms with Gasteiger partial charge >= 0.3 is 0 Å². The third-order valence-electron chi connectivity index (χ3n) is 2.61. The summed E-state index contributed by atoms with van der Waals surface area (Å²) >= 11 is 1.16. The van der Waals surface area contributed by atoms with Gasteiger partial charge in [0.2, 0.25) is 4.74 Å². The van der Waals surface area contributed by atoms with E-state index in [-0.39, 0.29) is 10.5 Å². The Balaban J connectivity index is 2.65. The Hall–Kier alpha value is -1.87. The molecular weight excluding hydrogens is 220 g/mol. The average Bonchev–Trinajstić information content (AvgIpc) is 2.28. The summed E-state index contributed by atoms with van der Waals surface area (Å²) in [5.41, 5.74) is 0. The van der Waals surface area contributed by atoms with Crippen molar-refractivity contribution in [2.24, 2.45) is 0 Å². The summed E-state index contributed by atoms with van der Waals surface area (Å²) in [6.45, 7) is 0. The second kappa shape index (κ2) is 3.32. The fourth-order valence-electron chi connectivity index (χ4n) is 1.92. The van der Waals surface area contributed by atoms with Gasteiger partial charge in [0, 0.05) is 16.2 Å². The molecule has 0 unspecified atom stereocenters. The van der Waals surface area contributed by atoms with E-state index in [1.54, 1.807) is 0 Å². The Bertz CT molecular complexity index is 744. The molecule has 0 amide bonds. The van der Waals surface area contributed by atoms with Crippen molar-refractivity contribution in [1.29, 1.82) is 0 Å². The highest BCUT2D eigenvalue weighted by Gasteiger charge is 2.06. The maximum Gasteiger partial charge on any atom is 0.236 e. The topological polar surface area (TPSA) is 37.3 Å². The summed E-state index contributed by atoms with van der Waals surface area (Å²) in [5.74, 6) is 0.0653. The van der Waals surface area contributed by atoms with Crippen molar-refractivity contribution in [3.05, 3.63) is 52.0 Å². The van der Waals surface area contributed by atoms with Crippen molar-refractivity contribution in [2.45, 2.75) is 0 Å². The zero-order valence-electron chi connectivity index (χ0n) is 8.31. The van der Waals surface area contributed by atoms with Gasteiger partial charge in [-0.2, -0.15) is 0 Å². The minimum atomic E-state index is -0.125.